The lowest BCUT2D eigenvalue weighted by atomic mass is 10.2. The Morgan fingerprint density at radius 3 is 2.81 bits per heavy atom. The number of benzene rings is 1. The molecular weight excluding hydrogens is 292 g/mol. The highest BCUT2D eigenvalue weighted by Gasteiger charge is 2.10. The van der Waals surface area contributed by atoms with Crippen molar-refractivity contribution in [3.05, 3.63) is 69.6 Å². The zero-order valence-electron chi connectivity index (χ0n) is 11.2. The van der Waals surface area contributed by atoms with E-state index in [1.54, 1.807) is 42.6 Å². The van der Waals surface area contributed by atoms with Crippen LogP contribution in [0.3, 0.4) is 0 Å². The lowest BCUT2D eigenvalue weighted by molar-refractivity contribution is 0.0903. The van der Waals surface area contributed by atoms with Crippen LogP contribution in [0.25, 0.3) is 0 Å². The minimum absolute atomic E-state index is 0.0483. The fourth-order valence-corrected chi connectivity index (χ4v) is 2.04. The van der Waals surface area contributed by atoms with Crippen LogP contribution in [0.2, 0.25) is 5.02 Å². The molecule has 1 aromatic heterocycles. The molecule has 0 fully saturated rings. The van der Waals surface area contributed by atoms with Crippen molar-refractivity contribution in [2.24, 2.45) is 0 Å². The van der Waals surface area contributed by atoms with Crippen molar-refractivity contribution in [3.63, 3.8) is 0 Å². The van der Waals surface area contributed by atoms with Crippen molar-refractivity contribution in [2.75, 3.05) is 6.54 Å². The zero-order chi connectivity index (χ0) is 15.2. The van der Waals surface area contributed by atoms with Gasteiger partial charge >= 0.3 is 0 Å². The molecule has 0 spiro atoms. The largest absolute Gasteiger partial charge is 0.389 e. The second-order valence-corrected chi connectivity index (χ2v) is 5.00. The maximum absolute atomic E-state index is 11.9. The summed E-state index contributed by atoms with van der Waals surface area (Å²) in [6.45, 7) is 0.169. The minimum atomic E-state index is -0.853. The molecule has 21 heavy (non-hydrogen) atoms. The van der Waals surface area contributed by atoms with E-state index in [9.17, 15) is 14.7 Å². The maximum atomic E-state index is 11.9. The summed E-state index contributed by atoms with van der Waals surface area (Å²) in [5.74, 6) is -0.322. The first-order chi connectivity index (χ1) is 10.1. The minimum Gasteiger partial charge on any atom is -0.389 e. The molecule has 5 nitrogen and oxygen atoms in total. The maximum Gasteiger partial charge on any atom is 0.251 e. The van der Waals surface area contributed by atoms with E-state index in [1.165, 1.54) is 10.6 Å². The normalized spacial score (nSPS) is 11.9. The Labute approximate surface area is 126 Å². The molecule has 0 bridgehead atoms. The van der Waals surface area contributed by atoms with Gasteiger partial charge in [0.15, 0.2) is 0 Å². The molecule has 6 heteroatoms. The molecule has 1 unspecified atom stereocenters. The van der Waals surface area contributed by atoms with Gasteiger partial charge in [-0.15, -0.1) is 0 Å². The number of nitrogens with one attached hydrogen (secondary N) is 1. The van der Waals surface area contributed by atoms with Crippen molar-refractivity contribution >= 4 is 17.5 Å². The number of carbonyl (C=O) groups is 1. The average molecular weight is 307 g/mol. The first-order valence-electron chi connectivity index (χ1n) is 6.43. The number of aromatic nitrogens is 1. The number of pyridine rings is 1. The third-order valence-electron chi connectivity index (χ3n) is 2.89. The standard InChI is InChI=1S/C15H15ClN2O3/c16-12-5-3-4-11(8-12)15(21)17-9-13(19)10-18-7-2-1-6-14(18)20/h1-8,13,19H,9-10H2,(H,17,21). The van der Waals surface area contributed by atoms with Crippen LogP contribution in [0.1, 0.15) is 10.4 Å². The number of carbonyl (C=O) groups excluding carboxylic acids is 1. The molecular formula is C15H15ClN2O3. The average Bonchev–Trinajstić information content (AvgIpc) is 2.47. The molecule has 1 heterocycles. The molecule has 1 aromatic carbocycles. The molecule has 1 amide bonds. The van der Waals surface area contributed by atoms with Gasteiger partial charge in [-0.25, -0.2) is 0 Å². The lowest BCUT2D eigenvalue weighted by Gasteiger charge is -2.13. The van der Waals surface area contributed by atoms with Crippen molar-refractivity contribution in [1.82, 2.24) is 9.88 Å². The number of hydrogen-bond donors (Lipinski definition) is 2. The number of amides is 1. The first-order valence-corrected chi connectivity index (χ1v) is 6.81. The number of rotatable bonds is 5. The third-order valence-corrected chi connectivity index (χ3v) is 3.13. The SMILES string of the molecule is O=C(NCC(O)Cn1ccccc1=O)c1cccc(Cl)c1. The van der Waals surface area contributed by atoms with Crippen molar-refractivity contribution in [1.29, 1.82) is 0 Å². The molecule has 110 valence electrons. The topological polar surface area (TPSA) is 71.3 Å². The van der Waals surface area contributed by atoms with Gasteiger partial charge in [0, 0.05) is 29.4 Å². The lowest BCUT2D eigenvalue weighted by Crippen LogP contribution is -2.36. The van der Waals surface area contributed by atoms with Gasteiger partial charge in [0.25, 0.3) is 11.5 Å². The Hall–Kier alpha value is -2.11. The highest BCUT2D eigenvalue weighted by molar-refractivity contribution is 6.30. The quantitative estimate of drug-likeness (QED) is 0.874. The molecule has 0 radical (unpaired) electrons. The molecule has 0 aliphatic carbocycles. The van der Waals surface area contributed by atoms with Crippen LogP contribution in [0.15, 0.2) is 53.5 Å². The van der Waals surface area contributed by atoms with E-state index < -0.39 is 6.10 Å². The van der Waals surface area contributed by atoms with E-state index in [0.717, 1.165) is 0 Å². The highest BCUT2D eigenvalue weighted by Crippen LogP contribution is 2.10. The van der Waals surface area contributed by atoms with Crippen LogP contribution in [0.4, 0.5) is 0 Å². The molecule has 0 saturated carbocycles. The van der Waals surface area contributed by atoms with Gasteiger partial charge in [-0.1, -0.05) is 23.7 Å². The van der Waals surface area contributed by atoms with Crippen molar-refractivity contribution in [2.45, 2.75) is 12.6 Å². The zero-order valence-corrected chi connectivity index (χ0v) is 12.0. The van der Waals surface area contributed by atoms with Crippen molar-refractivity contribution in [3.8, 4) is 0 Å². The van der Waals surface area contributed by atoms with Gasteiger partial charge in [-0.3, -0.25) is 9.59 Å². The molecule has 0 saturated heterocycles. The van der Waals surface area contributed by atoms with Crippen LogP contribution in [-0.2, 0) is 6.54 Å². The van der Waals surface area contributed by atoms with Gasteiger partial charge in [0.2, 0.25) is 0 Å². The fraction of sp³-hybridized carbons (Fsp3) is 0.200. The summed E-state index contributed by atoms with van der Waals surface area (Å²) in [6.07, 6.45) is 0.734. The number of hydrogen-bond acceptors (Lipinski definition) is 3. The number of nitrogens with zero attached hydrogens (tertiary/aromatic N) is 1. The highest BCUT2D eigenvalue weighted by atomic mass is 35.5. The summed E-state index contributed by atoms with van der Waals surface area (Å²) < 4.78 is 1.39. The molecule has 0 aliphatic heterocycles. The summed E-state index contributed by atoms with van der Waals surface area (Å²) >= 11 is 5.81. The Bertz CT molecular complexity index is 684. The molecule has 1 atom stereocenters. The Kier molecular flexibility index (Phi) is 5.14. The van der Waals surface area contributed by atoms with Crippen LogP contribution < -0.4 is 10.9 Å². The van der Waals surface area contributed by atoms with Gasteiger partial charge in [-0.05, 0) is 24.3 Å². The predicted octanol–water partition coefficient (Wildman–Crippen LogP) is 1.29. The monoisotopic (exact) mass is 306 g/mol. The van der Waals surface area contributed by atoms with Crippen molar-refractivity contribution < 1.29 is 9.90 Å². The summed E-state index contributed by atoms with van der Waals surface area (Å²) in [5, 5.41) is 13.0. The van der Waals surface area contributed by atoms with Crippen LogP contribution in [-0.4, -0.2) is 28.2 Å². The van der Waals surface area contributed by atoms with E-state index in [1.807, 2.05) is 0 Å². The van der Waals surface area contributed by atoms with Gasteiger partial charge in [-0.2, -0.15) is 0 Å². The summed E-state index contributed by atoms with van der Waals surface area (Å²) in [7, 11) is 0. The number of halogens is 1. The van der Waals surface area contributed by atoms with Crippen LogP contribution in [0, 0.1) is 0 Å². The molecule has 2 N–H and O–H groups in total. The molecule has 2 rings (SSSR count). The first kappa shape index (κ1) is 15.3. The van der Waals surface area contributed by atoms with E-state index in [2.05, 4.69) is 5.32 Å². The summed E-state index contributed by atoms with van der Waals surface area (Å²) in [5.41, 5.74) is 0.226. The third kappa shape index (κ3) is 4.44. The second-order valence-electron chi connectivity index (χ2n) is 4.57. The van der Waals surface area contributed by atoms with Crippen LogP contribution >= 0.6 is 11.6 Å². The van der Waals surface area contributed by atoms with Gasteiger partial charge in [0.05, 0.1) is 12.6 Å². The summed E-state index contributed by atoms with van der Waals surface area (Å²) in [4.78, 5) is 23.4. The van der Waals surface area contributed by atoms with E-state index in [-0.39, 0.29) is 24.6 Å². The summed E-state index contributed by atoms with van der Waals surface area (Å²) in [6, 6.07) is 11.3. The fourth-order valence-electron chi connectivity index (χ4n) is 1.85. The van der Waals surface area contributed by atoms with E-state index in [4.69, 9.17) is 11.6 Å². The number of aliphatic hydroxyl groups is 1. The van der Waals surface area contributed by atoms with Gasteiger partial charge < -0.3 is 15.0 Å². The Morgan fingerprint density at radius 1 is 1.29 bits per heavy atom. The Balaban J connectivity index is 1.89. The molecule has 0 aliphatic rings. The second kappa shape index (κ2) is 7.06. The smallest absolute Gasteiger partial charge is 0.251 e. The Morgan fingerprint density at radius 2 is 2.10 bits per heavy atom. The predicted molar refractivity (Wildman–Crippen MR) is 80.5 cm³/mol. The van der Waals surface area contributed by atoms with Gasteiger partial charge in [0.1, 0.15) is 0 Å². The number of aliphatic hydroxyl groups excluding tert-OH is 1. The van der Waals surface area contributed by atoms with Crippen LogP contribution in [0.5, 0.6) is 0 Å². The van der Waals surface area contributed by atoms with E-state index in [0.29, 0.717) is 10.6 Å². The van der Waals surface area contributed by atoms with E-state index >= 15 is 0 Å². The molecule has 2 aromatic rings.